The highest BCUT2D eigenvalue weighted by molar-refractivity contribution is 5.61. The SMILES string of the molecule is CC(C)N1CC(C(C)(C)O)c2cc(F)ccc21. The average molecular weight is 237 g/mol. The number of aliphatic hydroxyl groups is 1. The van der Waals surface area contributed by atoms with Crippen molar-refractivity contribution in [1.82, 2.24) is 0 Å². The minimum atomic E-state index is -0.827. The summed E-state index contributed by atoms with van der Waals surface area (Å²) in [5.41, 5.74) is 1.14. The van der Waals surface area contributed by atoms with E-state index in [1.165, 1.54) is 6.07 Å². The van der Waals surface area contributed by atoms with Crippen LogP contribution in [-0.4, -0.2) is 23.3 Å². The van der Waals surface area contributed by atoms with E-state index in [9.17, 15) is 9.50 Å². The molecule has 1 heterocycles. The number of benzene rings is 1. The first-order valence-corrected chi connectivity index (χ1v) is 6.09. The second-order valence-electron chi connectivity index (χ2n) is 5.66. The number of hydrogen-bond donors (Lipinski definition) is 1. The Kier molecular flexibility index (Phi) is 2.90. The maximum absolute atomic E-state index is 13.4. The lowest BCUT2D eigenvalue weighted by Crippen LogP contribution is -2.36. The van der Waals surface area contributed by atoms with Gasteiger partial charge in [-0.1, -0.05) is 0 Å². The van der Waals surface area contributed by atoms with Crippen molar-refractivity contribution in [1.29, 1.82) is 0 Å². The fourth-order valence-corrected chi connectivity index (χ4v) is 2.55. The monoisotopic (exact) mass is 237 g/mol. The molecule has 94 valence electrons. The standard InChI is InChI=1S/C14H20FNO/c1-9(2)16-8-12(14(3,4)17)11-7-10(15)5-6-13(11)16/h5-7,9,12,17H,8H2,1-4H3. The van der Waals surface area contributed by atoms with Crippen LogP contribution in [0.25, 0.3) is 0 Å². The van der Waals surface area contributed by atoms with Gasteiger partial charge in [0.05, 0.1) is 5.60 Å². The summed E-state index contributed by atoms with van der Waals surface area (Å²) in [5, 5.41) is 10.2. The summed E-state index contributed by atoms with van der Waals surface area (Å²) in [6, 6.07) is 5.21. The van der Waals surface area contributed by atoms with E-state index >= 15 is 0 Å². The third-order valence-electron chi connectivity index (χ3n) is 3.53. The predicted molar refractivity (Wildman–Crippen MR) is 67.9 cm³/mol. The lowest BCUT2D eigenvalue weighted by Gasteiger charge is -2.28. The number of halogens is 1. The minimum absolute atomic E-state index is 0.0319. The molecular weight excluding hydrogens is 217 g/mol. The van der Waals surface area contributed by atoms with E-state index in [0.29, 0.717) is 6.04 Å². The van der Waals surface area contributed by atoms with E-state index in [-0.39, 0.29) is 11.7 Å². The first kappa shape index (κ1) is 12.4. The summed E-state index contributed by atoms with van der Waals surface area (Å²) in [7, 11) is 0. The molecule has 0 aliphatic carbocycles. The zero-order chi connectivity index (χ0) is 12.8. The smallest absolute Gasteiger partial charge is 0.123 e. The van der Waals surface area contributed by atoms with Gasteiger partial charge in [0.15, 0.2) is 0 Å². The van der Waals surface area contributed by atoms with Gasteiger partial charge in [-0.25, -0.2) is 4.39 Å². The van der Waals surface area contributed by atoms with Gasteiger partial charge in [-0.05, 0) is 51.5 Å². The Balaban J connectivity index is 2.49. The second-order valence-corrected chi connectivity index (χ2v) is 5.66. The van der Waals surface area contributed by atoms with E-state index in [2.05, 4.69) is 18.7 Å². The van der Waals surface area contributed by atoms with Crippen molar-refractivity contribution in [2.75, 3.05) is 11.4 Å². The first-order valence-electron chi connectivity index (χ1n) is 6.09. The molecule has 3 heteroatoms. The van der Waals surface area contributed by atoms with Crippen molar-refractivity contribution in [3.63, 3.8) is 0 Å². The zero-order valence-corrected chi connectivity index (χ0v) is 10.9. The van der Waals surface area contributed by atoms with Gasteiger partial charge in [0, 0.05) is 24.2 Å². The fourth-order valence-electron chi connectivity index (χ4n) is 2.55. The minimum Gasteiger partial charge on any atom is -0.390 e. The van der Waals surface area contributed by atoms with Crippen LogP contribution in [0.5, 0.6) is 0 Å². The lowest BCUT2D eigenvalue weighted by atomic mass is 9.86. The largest absolute Gasteiger partial charge is 0.390 e. The summed E-state index contributed by atoms with van der Waals surface area (Å²) in [5.74, 6) is -0.265. The second kappa shape index (κ2) is 3.98. The van der Waals surface area contributed by atoms with Crippen LogP contribution in [0.4, 0.5) is 10.1 Å². The van der Waals surface area contributed by atoms with Gasteiger partial charge in [0.1, 0.15) is 5.82 Å². The number of nitrogens with zero attached hydrogens (tertiary/aromatic N) is 1. The molecule has 0 saturated carbocycles. The summed E-state index contributed by atoms with van der Waals surface area (Å²) >= 11 is 0. The molecule has 1 aliphatic heterocycles. The van der Waals surface area contributed by atoms with Crippen LogP contribution in [0.2, 0.25) is 0 Å². The van der Waals surface area contributed by atoms with Crippen LogP contribution in [-0.2, 0) is 0 Å². The van der Waals surface area contributed by atoms with Gasteiger partial charge >= 0.3 is 0 Å². The van der Waals surface area contributed by atoms with E-state index in [1.807, 2.05) is 6.07 Å². The summed E-state index contributed by atoms with van der Waals surface area (Å²) < 4.78 is 13.4. The Morgan fingerprint density at radius 2 is 2.06 bits per heavy atom. The highest BCUT2D eigenvalue weighted by Gasteiger charge is 2.38. The molecule has 2 nitrogen and oxygen atoms in total. The Morgan fingerprint density at radius 1 is 1.41 bits per heavy atom. The summed E-state index contributed by atoms with van der Waals surface area (Å²) in [4.78, 5) is 2.22. The molecule has 1 atom stereocenters. The third kappa shape index (κ3) is 2.16. The predicted octanol–water partition coefficient (Wildman–Crippen LogP) is 2.91. The Labute approximate surface area is 102 Å². The van der Waals surface area contributed by atoms with E-state index in [4.69, 9.17) is 0 Å². The molecule has 1 aromatic carbocycles. The molecule has 1 N–H and O–H groups in total. The Bertz CT molecular complexity index is 423. The van der Waals surface area contributed by atoms with Crippen molar-refractivity contribution in [3.8, 4) is 0 Å². The number of anilines is 1. The Hall–Kier alpha value is -1.09. The van der Waals surface area contributed by atoms with Crippen molar-refractivity contribution in [2.45, 2.75) is 45.3 Å². The van der Waals surface area contributed by atoms with Crippen molar-refractivity contribution < 1.29 is 9.50 Å². The molecule has 0 fully saturated rings. The maximum Gasteiger partial charge on any atom is 0.123 e. The topological polar surface area (TPSA) is 23.5 Å². The molecule has 1 unspecified atom stereocenters. The molecule has 0 saturated heterocycles. The Morgan fingerprint density at radius 3 is 2.59 bits per heavy atom. The zero-order valence-electron chi connectivity index (χ0n) is 10.9. The van der Waals surface area contributed by atoms with Crippen LogP contribution in [0, 0.1) is 5.82 Å². The van der Waals surface area contributed by atoms with Crippen LogP contribution in [0.15, 0.2) is 18.2 Å². The van der Waals surface area contributed by atoms with Crippen molar-refractivity contribution in [2.24, 2.45) is 0 Å². The fraction of sp³-hybridized carbons (Fsp3) is 0.571. The quantitative estimate of drug-likeness (QED) is 0.855. The van der Waals surface area contributed by atoms with E-state index < -0.39 is 5.60 Å². The highest BCUT2D eigenvalue weighted by atomic mass is 19.1. The van der Waals surface area contributed by atoms with Crippen molar-refractivity contribution in [3.05, 3.63) is 29.6 Å². The van der Waals surface area contributed by atoms with E-state index in [1.54, 1.807) is 19.9 Å². The molecule has 0 amide bonds. The average Bonchev–Trinajstić information content (AvgIpc) is 2.55. The maximum atomic E-state index is 13.4. The molecule has 0 spiro atoms. The van der Waals surface area contributed by atoms with Crippen LogP contribution in [0.1, 0.15) is 39.2 Å². The van der Waals surface area contributed by atoms with Gasteiger partial charge in [-0.3, -0.25) is 0 Å². The van der Waals surface area contributed by atoms with Gasteiger partial charge in [-0.15, -0.1) is 0 Å². The van der Waals surface area contributed by atoms with Gasteiger partial charge in [0.25, 0.3) is 0 Å². The molecule has 17 heavy (non-hydrogen) atoms. The van der Waals surface area contributed by atoms with E-state index in [0.717, 1.165) is 17.8 Å². The summed E-state index contributed by atoms with van der Waals surface area (Å²) in [6.07, 6.45) is 0. The molecule has 0 aromatic heterocycles. The van der Waals surface area contributed by atoms with Gasteiger partial charge in [-0.2, -0.15) is 0 Å². The molecule has 1 aromatic rings. The number of hydrogen-bond acceptors (Lipinski definition) is 2. The number of fused-ring (bicyclic) bond motifs is 1. The highest BCUT2D eigenvalue weighted by Crippen LogP contribution is 2.42. The molecule has 2 rings (SSSR count). The number of rotatable bonds is 2. The van der Waals surface area contributed by atoms with Crippen molar-refractivity contribution >= 4 is 5.69 Å². The first-order chi connectivity index (χ1) is 7.80. The van der Waals surface area contributed by atoms with Crippen LogP contribution < -0.4 is 4.90 Å². The lowest BCUT2D eigenvalue weighted by molar-refractivity contribution is 0.0545. The molecular formula is C14H20FNO. The normalized spacial score (nSPS) is 19.9. The third-order valence-corrected chi connectivity index (χ3v) is 3.53. The molecule has 0 radical (unpaired) electrons. The van der Waals surface area contributed by atoms with Gasteiger partial charge < -0.3 is 10.0 Å². The summed E-state index contributed by atoms with van der Waals surface area (Å²) in [6.45, 7) is 8.55. The van der Waals surface area contributed by atoms with Crippen LogP contribution in [0.3, 0.4) is 0 Å². The molecule has 0 bridgehead atoms. The van der Waals surface area contributed by atoms with Gasteiger partial charge in [0.2, 0.25) is 0 Å². The van der Waals surface area contributed by atoms with Crippen LogP contribution >= 0.6 is 0 Å². The molecule has 1 aliphatic rings.